The monoisotopic (exact) mass is 415 g/mol. The lowest BCUT2D eigenvalue weighted by Crippen LogP contribution is -2.09. The van der Waals surface area contributed by atoms with Crippen molar-refractivity contribution in [2.75, 3.05) is 20.3 Å². The van der Waals surface area contributed by atoms with Crippen LogP contribution in [0.2, 0.25) is 0 Å². The van der Waals surface area contributed by atoms with Crippen molar-refractivity contribution in [3.05, 3.63) is 95.7 Å². The van der Waals surface area contributed by atoms with Crippen LogP contribution in [0.1, 0.15) is 11.1 Å². The second-order valence-corrected chi connectivity index (χ2v) is 6.62. The molecule has 0 aromatic heterocycles. The summed E-state index contributed by atoms with van der Waals surface area (Å²) in [5.74, 6) is 1.86. The number of nitrogens with zero attached hydrogens (tertiary/aromatic N) is 1. The van der Waals surface area contributed by atoms with E-state index in [0.29, 0.717) is 30.6 Å². The number of ether oxygens (including phenoxy) is 4. The van der Waals surface area contributed by atoms with E-state index in [0.717, 1.165) is 16.9 Å². The van der Waals surface area contributed by atoms with E-state index in [1.165, 1.54) is 0 Å². The quantitative estimate of drug-likeness (QED) is 0.308. The van der Waals surface area contributed by atoms with Crippen LogP contribution >= 0.6 is 0 Å². The number of benzene rings is 3. The van der Waals surface area contributed by atoms with Crippen molar-refractivity contribution in [1.82, 2.24) is 0 Å². The number of methoxy groups -OCH3 is 1. The Morgan fingerprint density at radius 1 is 0.871 bits per heavy atom. The van der Waals surface area contributed by atoms with Gasteiger partial charge in [0, 0.05) is 17.2 Å². The zero-order chi connectivity index (χ0) is 21.5. The van der Waals surface area contributed by atoms with Gasteiger partial charge in [-0.2, -0.15) is 0 Å². The molecule has 6 heteroatoms. The van der Waals surface area contributed by atoms with Crippen LogP contribution in [0.15, 0.2) is 89.6 Å². The molecule has 3 aromatic rings. The fourth-order valence-electron chi connectivity index (χ4n) is 2.99. The van der Waals surface area contributed by atoms with Gasteiger partial charge in [0.1, 0.15) is 30.5 Å². The minimum atomic E-state index is -0.491. The lowest BCUT2D eigenvalue weighted by molar-refractivity contribution is -0.129. The molecule has 0 unspecified atom stereocenters. The van der Waals surface area contributed by atoms with E-state index in [-0.39, 0.29) is 5.70 Å². The van der Waals surface area contributed by atoms with Crippen molar-refractivity contribution in [2.24, 2.45) is 4.99 Å². The molecule has 3 aromatic carbocycles. The van der Waals surface area contributed by atoms with E-state index in [2.05, 4.69) is 4.99 Å². The maximum Gasteiger partial charge on any atom is 0.363 e. The Bertz CT molecular complexity index is 1120. The van der Waals surface area contributed by atoms with Crippen LogP contribution in [-0.4, -0.2) is 32.2 Å². The number of esters is 1. The predicted molar refractivity (Wildman–Crippen MR) is 117 cm³/mol. The number of hydrogen-bond acceptors (Lipinski definition) is 6. The fraction of sp³-hybridized carbons (Fsp3) is 0.120. The second-order valence-electron chi connectivity index (χ2n) is 6.62. The smallest absolute Gasteiger partial charge is 0.363 e. The number of carbonyl (C=O) groups is 1. The first-order valence-electron chi connectivity index (χ1n) is 9.79. The summed E-state index contributed by atoms with van der Waals surface area (Å²) in [5.41, 5.74) is 1.70. The van der Waals surface area contributed by atoms with Crippen molar-refractivity contribution in [3.8, 4) is 17.2 Å². The molecule has 156 valence electrons. The standard InChI is InChI=1S/C25H21NO5/c1-28-20-11-7-12-21(17-20)29-14-15-30-23-13-6-5-10-19(23)16-22-25(27)31-24(26-22)18-8-3-2-4-9-18/h2-13,16-17H,14-15H2,1H3. The molecule has 0 bridgehead atoms. The van der Waals surface area contributed by atoms with E-state index in [9.17, 15) is 4.79 Å². The van der Waals surface area contributed by atoms with E-state index >= 15 is 0 Å². The zero-order valence-corrected chi connectivity index (χ0v) is 17.0. The van der Waals surface area contributed by atoms with Gasteiger partial charge in [-0.3, -0.25) is 0 Å². The molecule has 0 aliphatic carbocycles. The molecule has 0 spiro atoms. The molecule has 0 radical (unpaired) electrons. The van der Waals surface area contributed by atoms with Crippen LogP contribution in [0, 0.1) is 0 Å². The summed E-state index contributed by atoms with van der Waals surface area (Å²) < 4.78 is 22.1. The molecule has 0 fully saturated rings. The first-order chi connectivity index (χ1) is 15.2. The highest BCUT2D eigenvalue weighted by Gasteiger charge is 2.24. The Morgan fingerprint density at radius 2 is 1.61 bits per heavy atom. The molecular weight excluding hydrogens is 394 g/mol. The van der Waals surface area contributed by atoms with Crippen molar-refractivity contribution < 1.29 is 23.7 Å². The lowest BCUT2D eigenvalue weighted by atomic mass is 10.1. The molecule has 1 heterocycles. The van der Waals surface area contributed by atoms with Crippen molar-refractivity contribution in [2.45, 2.75) is 0 Å². The number of cyclic esters (lactones) is 1. The van der Waals surface area contributed by atoms with Crippen molar-refractivity contribution >= 4 is 17.9 Å². The second kappa shape index (κ2) is 9.63. The van der Waals surface area contributed by atoms with E-state index < -0.39 is 5.97 Å². The van der Waals surface area contributed by atoms with Crippen LogP contribution in [0.25, 0.3) is 6.08 Å². The van der Waals surface area contributed by atoms with E-state index in [4.69, 9.17) is 18.9 Å². The normalized spacial score (nSPS) is 14.2. The first-order valence-corrected chi connectivity index (χ1v) is 9.79. The van der Waals surface area contributed by atoms with Gasteiger partial charge in [-0.1, -0.05) is 42.5 Å². The van der Waals surface area contributed by atoms with Crippen LogP contribution in [0.3, 0.4) is 0 Å². The van der Waals surface area contributed by atoms with Gasteiger partial charge in [-0.15, -0.1) is 0 Å². The minimum Gasteiger partial charge on any atom is -0.497 e. The van der Waals surface area contributed by atoms with Gasteiger partial charge in [0.2, 0.25) is 5.90 Å². The molecule has 4 rings (SSSR count). The van der Waals surface area contributed by atoms with Gasteiger partial charge in [0.05, 0.1) is 7.11 Å². The lowest BCUT2D eigenvalue weighted by Gasteiger charge is -2.11. The average Bonchev–Trinajstić information content (AvgIpc) is 3.18. The highest BCUT2D eigenvalue weighted by molar-refractivity contribution is 6.12. The third kappa shape index (κ3) is 5.11. The van der Waals surface area contributed by atoms with E-state index in [1.807, 2.05) is 78.9 Å². The minimum absolute atomic E-state index is 0.225. The van der Waals surface area contributed by atoms with Gasteiger partial charge in [-0.05, 0) is 36.4 Å². The maximum absolute atomic E-state index is 12.3. The van der Waals surface area contributed by atoms with Gasteiger partial charge < -0.3 is 18.9 Å². The topological polar surface area (TPSA) is 66.3 Å². The third-order valence-electron chi connectivity index (χ3n) is 4.50. The molecule has 0 saturated heterocycles. The van der Waals surface area contributed by atoms with Crippen LogP contribution < -0.4 is 14.2 Å². The van der Waals surface area contributed by atoms with Crippen LogP contribution in [0.5, 0.6) is 17.2 Å². The molecule has 6 nitrogen and oxygen atoms in total. The fourth-order valence-corrected chi connectivity index (χ4v) is 2.99. The Kier molecular flexibility index (Phi) is 6.28. The zero-order valence-electron chi connectivity index (χ0n) is 17.0. The highest BCUT2D eigenvalue weighted by atomic mass is 16.6. The van der Waals surface area contributed by atoms with E-state index in [1.54, 1.807) is 13.2 Å². The highest BCUT2D eigenvalue weighted by Crippen LogP contribution is 2.25. The summed E-state index contributed by atoms with van der Waals surface area (Å²) in [6, 6.07) is 24.1. The maximum atomic E-state index is 12.3. The van der Waals surface area contributed by atoms with Crippen molar-refractivity contribution in [3.63, 3.8) is 0 Å². The number of para-hydroxylation sites is 1. The number of carbonyl (C=O) groups excluding carboxylic acids is 1. The summed E-state index contributed by atoms with van der Waals surface area (Å²) in [4.78, 5) is 16.6. The number of aliphatic imine (C=N–C) groups is 1. The summed E-state index contributed by atoms with van der Waals surface area (Å²) >= 11 is 0. The molecule has 1 aliphatic rings. The van der Waals surface area contributed by atoms with Crippen LogP contribution in [0.4, 0.5) is 0 Å². The summed E-state index contributed by atoms with van der Waals surface area (Å²) in [6.45, 7) is 0.691. The Balaban J connectivity index is 1.42. The Hall–Kier alpha value is -4.06. The third-order valence-corrected chi connectivity index (χ3v) is 4.50. The van der Waals surface area contributed by atoms with Crippen molar-refractivity contribution in [1.29, 1.82) is 0 Å². The molecule has 0 atom stereocenters. The summed E-state index contributed by atoms with van der Waals surface area (Å²) in [5, 5.41) is 0. The molecule has 31 heavy (non-hydrogen) atoms. The molecule has 0 amide bonds. The SMILES string of the molecule is COc1cccc(OCCOc2ccccc2C=C2N=C(c3ccccc3)OC2=O)c1. The summed E-state index contributed by atoms with van der Waals surface area (Å²) in [6.07, 6.45) is 1.66. The number of hydrogen-bond donors (Lipinski definition) is 0. The largest absolute Gasteiger partial charge is 0.497 e. The van der Waals surface area contributed by atoms with Gasteiger partial charge in [0.15, 0.2) is 5.70 Å². The average molecular weight is 415 g/mol. The van der Waals surface area contributed by atoms with Gasteiger partial charge in [-0.25, -0.2) is 9.79 Å². The van der Waals surface area contributed by atoms with Gasteiger partial charge in [0.25, 0.3) is 0 Å². The molecule has 1 aliphatic heterocycles. The number of rotatable bonds is 8. The molecule has 0 saturated carbocycles. The molecular formula is C25H21NO5. The Labute approximate surface area is 180 Å². The van der Waals surface area contributed by atoms with Crippen LogP contribution in [-0.2, 0) is 9.53 Å². The summed E-state index contributed by atoms with van der Waals surface area (Å²) in [7, 11) is 1.61. The van der Waals surface area contributed by atoms with Gasteiger partial charge >= 0.3 is 5.97 Å². The first kappa shape index (κ1) is 20.2. The predicted octanol–water partition coefficient (Wildman–Crippen LogP) is 4.50. The Morgan fingerprint density at radius 3 is 2.45 bits per heavy atom. The molecule has 0 N–H and O–H groups in total.